The summed E-state index contributed by atoms with van der Waals surface area (Å²) in [7, 11) is 0. The first-order chi connectivity index (χ1) is 13.2. The first-order valence-corrected chi connectivity index (χ1v) is 9.68. The molecule has 1 amide bonds. The van der Waals surface area contributed by atoms with E-state index in [0.717, 1.165) is 51.0 Å². The van der Waals surface area contributed by atoms with Crippen LogP contribution >= 0.6 is 0 Å². The molecule has 0 aliphatic carbocycles. The van der Waals surface area contributed by atoms with Crippen molar-refractivity contribution in [3.8, 4) is 0 Å². The Hall–Kier alpha value is -2.34. The van der Waals surface area contributed by atoms with Crippen molar-refractivity contribution in [2.75, 3.05) is 32.7 Å². The highest BCUT2D eigenvalue weighted by atomic mass is 19.1. The van der Waals surface area contributed by atoms with Crippen LogP contribution in [-0.2, 0) is 6.42 Å². The fraction of sp³-hybridized carbons (Fsp3) is 0.476. The van der Waals surface area contributed by atoms with E-state index in [-0.39, 0.29) is 11.7 Å². The van der Waals surface area contributed by atoms with Gasteiger partial charge in [-0.2, -0.15) is 10.2 Å². The highest BCUT2D eigenvalue weighted by Crippen LogP contribution is 2.19. The zero-order valence-corrected chi connectivity index (χ0v) is 15.9. The van der Waals surface area contributed by atoms with Crippen molar-refractivity contribution in [1.82, 2.24) is 20.0 Å². The molecule has 1 aromatic heterocycles. The second kappa shape index (κ2) is 9.55. The lowest BCUT2D eigenvalue weighted by atomic mass is 9.96. The van der Waals surface area contributed by atoms with E-state index in [9.17, 15) is 9.18 Å². The molecule has 0 saturated carbocycles. The van der Waals surface area contributed by atoms with E-state index in [1.807, 2.05) is 17.9 Å². The van der Waals surface area contributed by atoms with E-state index in [0.29, 0.717) is 18.0 Å². The van der Waals surface area contributed by atoms with Crippen molar-refractivity contribution in [1.29, 1.82) is 0 Å². The van der Waals surface area contributed by atoms with Crippen molar-refractivity contribution < 1.29 is 9.18 Å². The van der Waals surface area contributed by atoms with Gasteiger partial charge >= 0.3 is 0 Å². The Morgan fingerprint density at radius 2 is 2.22 bits per heavy atom. The van der Waals surface area contributed by atoms with Crippen LogP contribution in [0, 0.1) is 11.7 Å². The SMILES string of the molecule is CCN(C[C@@H]1CCCN(CCc2cccc(F)c2)C1)C(=O)c1ccnnc1. The summed E-state index contributed by atoms with van der Waals surface area (Å²) in [6.45, 7) is 6.42. The number of aromatic nitrogens is 2. The molecule has 2 heterocycles. The summed E-state index contributed by atoms with van der Waals surface area (Å²) in [6, 6.07) is 8.55. The molecular weight excluding hydrogens is 343 g/mol. The molecule has 1 aliphatic heterocycles. The number of benzene rings is 1. The van der Waals surface area contributed by atoms with Crippen molar-refractivity contribution in [3.05, 3.63) is 59.7 Å². The van der Waals surface area contributed by atoms with Gasteiger partial charge in [0.25, 0.3) is 5.91 Å². The van der Waals surface area contributed by atoms with Crippen LogP contribution in [0.3, 0.4) is 0 Å². The van der Waals surface area contributed by atoms with Crippen molar-refractivity contribution in [2.24, 2.45) is 5.92 Å². The molecule has 1 saturated heterocycles. The Labute approximate surface area is 160 Å². The van der Waals surface area contributed by atoms with Crippen molar-refractivity contribution >= 4 is 5.91 Å². The smallest absolute Gasteiger partial charge is 0.255 e. The summed E-state index contributed by atoms with van der Waals surface area (Å²) < 4.78 is 13.3. The van der Waals surface area contributed by atoms with Crippen LogP contribution in [0.4, 0.5) is 4.39 Å². The Kier molecular flexibility index (Phi) is 6.87. The van der Waals surface area contributed by atoms with E-state index >= 15 is 0 Å². The maximum Gasteiger partial charge on any atom is 0.255 e. The number of halogens is 1. The summed E-state index contributed by atoms with van der Waals surface area (Å²) in [4.78, 5) is 17.0. The summed E-state index contributed by atoms with van der Waals surface area (Å²) in [5, 5.41) is 7.55. The number of amides is 1. The van der Waals surface area contributed by atoms with Gasteiger partial charge in [-0.1, -0.05) is 12.1 Å². The molecule has 5 nitrogen and oxygen atoms in total. The fourth-order valence-electron chi connectivity index (χ4n) is 3.75. The minimum Gasteiger partial charge on any atom is -0.339 e. The molecule has 1 aliphatic rings. The minimum atomic E-state index is -0.174. The van der Waals surface area contributed by atoms with Gasteiger partial charge in [-0.25, -0.2) is 4.39 Å². The summed E-state index contributed by atoms with van der Waals surface area (Å²) in [6.07, 6.45) is 6.20. The lowest BCUT2D eigenvalue weighted by Crippen LogP contribution is -2.43. The van der Waals surface area contributed by atoms with Gasteiger partial charge in [0.2, 0.25) is 0 Å². The van der Waals surface area contributed by atoms with E-state index in [1.165, 1.54) is 12.3 Å². The predicted molar refractivity (Wildman–Crippen MR) is 103 cm³/mol. The van der Waals surface area contributed by atoms with Gasteiger partial charge in [0.15, 0.2) is 0 Å². The molecule has 0 bridgehead atoms. The van der Waals surface area contributed by atoms with Gasteiger partial charge in [0, 0.05) is 26.2 Å². The second-order valence-electron chi connectivity index (χ2n) is 7.16. The maximum absolute atomic E-state index is 13.3. The standard InChI is InChI=1S/C21H27FN4O/c1-2-26(21(27)19-8-10-23-24-14-19)16-18-6-4-11-25(15-18)12-9-17-5-3-7-20(22)13-17/h3,5,7-8,10,13-14,18H,2,4,6,9,11-12,15-16H2,1H3/t18-/m1/s1. The minimum absolute atomic E-state index is 0.0179. The lowest BCUT2D eigenvalue weighted by Gasteiger charge is -2.35. The van der Waals surface area contributed by atoms with Crippen LogP contribution < -0.4 is 0 Å². The maximum atomic E-state index is 13.3. The zero-order valence-electron chi connectivity index (χ0n) is 15.9. The third-order valence-corrected chi connectivity index (χ3v) is 5.19. The molecule has 144 valence electrons. The molecule has 0 unspecified atom stereocenters. The topological polar surface area (TPSA) is 49.3 Å². The van der Waals surface area contributed by atoms with Crippen LogP contribution in [-0.4, -0.2) is 58.6 Å². The van der Waals surface area contributed by atoms with E-state index in [2.05, 4.69) is 15.1 Å². The lowest BCUT2D eigenvalue weighted by molar-refractivity contribution is 0.0690. The molecule has 0 spiro atoms. The van der Waals surface area contributed by atoms with Gasteiger partial charge < -0.3 is 9.80 Å². The summed E-state index contributed by atoms with van der Waals surface area (Å²) >= 11 is 0. The number of hydrogen-bond donors (Lipinski definition) is 0. The Morgan fingerprint density at radius 3 is 2.96 bits per heavy atom. The van der Waals surface area contributed by atoms with Crippen molar-refractivity contribution in [3.63, 3.8) is 0 Å². The van der Waals surface area contributed by atoms with Crippen molar-refractivity contribution in [2.45, 2.75) is 26.2 Å². The average molecular weight is 370 g/mol. The monoisotopic (exact) mass is 370 g/mol. The number of hydrogen-bond acceptors (Lipinski definition) is 4. The molecule has 6 heteroatoms. The van der Waals surface area contributed by atoms with Gasteiger partial charge in [-0.05, 0) is 62.4 Å². The highest BCUT2D eigenvalue weighted by molar-refractivity contribution is 5.93. The Balaban J connectivity index is 1.53. The first kappa shape index (κ1) is 19.4. The zero-order chi connectivity index (χ0) is 19.1. The van der Waals surface area contributed by atoms with E-state index in [4.69, 9.17) is 0 Å². The van der Waals surface area contributed by atoms with Crippen LogP contribution in [0.1, 0.15) is 35.7 Å². The third-order valence-electron chi connectivity index (χ3n) is 5.19. The second-order valence-corrected chi connectivity index (χ2v) is 7.16. The number of piperidine rings is 1. The van der Waals surface area contributed by atoms with E-state index in [1.54, 1.807) is 24.4 Å². The van der Waals surface area contributed by atoms with Gasteiger partial charge in [-0.3, -0.25) is 4.79 Å². The molecular formula is C21H27FN4O. The molecule has 1 aromatic carbocycles. The quantitative estimate of drug-likeness (QED) is 0.752. The number of carbonyl (C=O) groups is 1. The number of carbonyl (C=O) groups excluding carboxylic acids is 1. The van der Waals surface area contributed by atoms with Crippen LogP contribution in [0.15, 0.2) is 42.7 Å². The Morgan fingerprint density at radius 1 is 1.33 bits per heavy atom. The normalized spacial score (nSPS) is 17.6. The van der Waals surface area contributed by atoms with Crippen LogP contribution in [0.25, 0.3) is 0 Å². The van der Waals surface area contributed by atoms with Crippen LogP contribution in [0.5, 0.6) is 0 Å². The molecule has 1 fully saturated rings. The molecule has 0 radical (unpaired) electrons. The fourth-order valence-corrected chi connectivity index (χ4v) is 3.75. The van der Waals surface area contributed by atoms with Gasteiger partial charge in [0.05, 0.1) is 18.0 Å². The summed E-state index contributed by atoms with van der Waals surface area (Å²) in [5.74, 6) is 0.306. The summed E-state index contributed by atoms with van der Waals surface area (Å²) in [5.41, 5.74) is 1.62. The molecule has 27 heavy (non-hydrogen) atoms. The van der Waals surface area contributed by atoms with Crippen LogP contribution in [0.2, 0.25) is 0 Å². The number of nitrogens with zero attached hydrogens (tertiary/aromatic N) is 4. The van der Waals surface area contributed by atoms with Gasteiger partial charge in [0.1, 0.15) is 5.82 Å². The highest BCUT2D eigenvalue weighted by Gasteiger charge is 2.24. The Bertz CT molecular complexity index is 740. The molecule has 1 atom stereocenters. The van der Waals surface area contributed by atoms with E-state index < -0.39 is 0 Å². The number of rotatable bonds is 7. The third kappa shape index (κ3) is 5.57. The average Bonchev–Trinajstić information content (AvgIpc) is 2.71. The predicted octanol–water partition coefficient (Wildman–Crippen LogP) is 3.03. The first-order valence-electron chi connectivity index (χ1n) is 9.68. The molecule has 3 rings (SSSR count). The largest absolute Gasteiger partial charge is 0.339 e. The molecule has 2 aromatic rings. The number of likely N-dealkylation sites (tertiary alicyclic amines) is 1. The molecule has 0 N–H and O–H groups in total. The van der Waals surface area contributed by atoms with Gasteiger partial charge in [-0.15, -0.1) is 0 Å².